The van der Waals surface area contributed by atoms with E-state index >= 15 is 0 Å². The quantitative estimate of drug-likeness (QED) is 0.190. The summed E-state index contributed by atoms with van der Waals surface area (Å²) in [5.74, 6) is 0.368. The van der Waals surface area contributed by atoms with E-state index in [2.05, 4.69) is 29.0 Å². The molecule has 2 saturated carbocycles. The Bertz CT molecular complexity index is 1690. The highest BCUT2D eigenvalue weighted by Gasteiger charge is 2.41. The highest BCUT2D eigenvalue weighted by Crippen LogP contribution is 2.50. The Morgan fingerprint density at radius 3 is 2.26 bits per heavy atom. The monoisotopic (exact) mass is 583 g/mol. The summed E-state index contributed by atoms with van der Waals surface area (Å²) in [6.45, 7) is 0. The van der Waals surface area contributed by atoms with E-state index in [1.807, 2.05) is 12.1 Å². The number of rotatable bonds is 11. The first-order valence-corrected chi connectivity index (χ1v) is 16.4. The average molecular weight is 584 g/mol. The number of anilines is 1. The molecule has 0 amide bonds. The van der Waals surface area contributed by atoms with Crippen molar-refractivity contribution in [1.82, 2.24) is 0 Å². The lowest BCUT2D eigenvalue weighted by atomic mass is 9.77. The summed E-state index contributed by atoms with van der Waals surface area (Å²) in [6.07, 6.45) is 8.74. The Morgan fingerprint density at radius 2 is 1.60 bits per heavy atom. The van der Waals surface area contributed by atoms with E-state index in [9.17, 15) is 18.3 Å². The predicted molar refractivity (Wildman–Crippen MR) is 164 cm³/mol. The summed E-state index contributed by atoms with van der Waals surface area (Å²) in [5, 5.41) is 11.4. The van der Waals surface area contributed by atoms with Crippen LogP contribution in [0.2, 0.25) is 0 Å². The van der Waals surface area contributed by atoms with Gasteiger partial charge in [-0.25, -0.2) is 13.2 Å². The maximum absolute atomic E-state index is 13.7. The molecule has 6 nitrogen and oxygen atoms in total. The van der Waals surface area contributed by atoms with Gasteiger partial charge >= 0.3 is 5.63 Å². The third kappa shape index (κ3) is 6.02. The summed E-state index contributed by atoms with van der Waals surface area (Å²) >= 11 is 0. The van der Waals surface area contributed by atoms with Crippen LogP contribution in [-0.2, 0) is 21.9 Å². The molecule has 0 bridgehead atoms. The zero-order valence-corrected chi connectivity index (χ0v) is 24.5. The molecule has 2 aliphatic carbocycles. The Balaban J connectivity index is 1.28. The van der Waals surface area contributed by atoms with Crippen molar-refractivity contribution < 1.29 is 17.9 Å². The van der Waals surface area contributed by atoms with Crippen LogP contribution in [0.5, 0.6) is 5.75 Å². The van der Waals surface area contributed by atoms with Crippen molar-refractivity contribution in [3.05, 3.63) is 124 Å². The molecule has 1 heterocycles. The van der Waals surface area contributed by atoms with Crippen LogP contribution in [0.4, 0.5) is 5.69 Å². The summed E-state index contributed by atoms with van der Waals surface area (Å²) in [5.41, 5.74) is 2.01. The Hall–Kier alpha value is -3.84. The predicted octanol–water partition coefficient (Wildman–Crippen LogP) is 7.52. The molecule has 2 aliphatic rings. The van der Waals surface area contributed by atoms with Gasteiger partial charge < -0.3 is 9.52 Å². The smallest absolute Gasteiger partial charge is 0.343 e. The molecule has 42 heavy (non-hydrogen) atoms. The highest BCUT2D eigenvalue weighted by molar-refractivity contribution is 7.92. The van der Waals surface area contributed by atoms with Gasteiger partial charge in [0.05, 0.1) is 10.5 Å². The minimum atomic E-state index is -3.77. The summed E-state index contributed by atoms with van der Waals surface area (Å²) in [7, 11) is -3.77. The summed E-state index contributed by atoms with van der Waals surface area (Å²) in [6, 6.07) is 27.4. The first-order chi connectivity index (χ1) is 20.3. The third-order valence-electron chi connectivity index (χ3n) is 8.97. The third-order valence-corrected chi connectivity index (χ3v) is 10.4. The van der Waals surface area contributed by atoms with E-state index in [1.165, 1.54) is 5.56 Å². The lowest BCUT2D eigenvalue weighted by Crippen LogP contribution is -2.26. The van der Waals surface area contributed by atoms with Crippen molar-refractivity contribution in [2.24, 2.45) is 5.92 Å². The van der Waals surface area contributed by atoms with Crippen molar-refractivity contribution >= 4 is 15.7 Å². The first-order valence-electron chi connectivity index (χ1n) is 14.9. The molecular formula is C35H37NO5S. The van der Waals surface area contributed by atoms with Gasteiger partial charge in [0.15, 0.2) is 0 Å². The number of nitrogens with one attached hydrogen (secondary N) is 1. The van der Waals surface area contributed by atoms with Gasteiger partial charge in [-0.1, -0.05) is 73.5 Å². The molecule has 218 valence electrons. The van der Waals surface area contributed by atoms with E-state index in [1.54, 1.807) is 54.6 Å². The van der Waals surface area contributed by atoms with E-state index in [4.69, 9.17) is 4.42 Å². The first kappa shape index (κ1) is 28.3. The largest absolute Gasteiger partial charge is 0.507 e. The summed E-state index contributed by atoms with van der Waals surface area (Å²) in [4.78, 5) is 13.8. The van der Waals surface area contributed by atoms with Crippen molar-refractivity contribution in [3.8, 4) is 5.75 Å². The highest BCUT2D eigenvalue weighted by atomic mass is 32.2. The second-order valence-electron chi connectivity index (χ2n) is 11.9. The van der Waals surface area contributed by atoms with Gasteiger partial charge in [-0.3, -0.25) is 4.72 Å². The van der Waals surface area contributed by atoms with Gasteiger partial charge in [0.2, 0.25) is 0 Å². The maximum Gasteiger partial charge on any atom is 0.343 e. The molecule has 0 aliphatic heterocycles. The molecule has 1 unspecified atom stereocenters. The van der Waals surface area contributed by atoms with Crippen molar-refractivity contribution in [2.45, 2.75) is 74.0 Å². The van der Waals surface area contributed by atoms with Crippen LogP contribution >= 0.6 is 0 Å². The van der Waals surface area contributed by atoms with Gasteiger partial charge in [0, 0.05) is 23.1 Å². The molecule has 7 heteroatoms. The molecule has 4 aromatic rings. The lowest BCUT2D eigenvalue weighted by Gasteiger charge is -2.28. The van der Waals surface area contributed by atoms with Gasteiger partial charge in [-0.15, -0.1) is 0 Å². The van der Waals surface area contributed by atoms with E-state index in [-0.39, 0.29) is 33.5 Å². The van der Waals surface area contributed by atoms with Crippen LogP contribution < -0.4 is 10.3 Å². The molecule has 0 spiro atoms. The number of aryl methyl sites for hydroxylation is 1. The fourth-order valence-corrected chi connectivity index (χ4v) is 7.77. The minimum absolute atomic E-state index is 0.0252. The van der Waals surface area contributed by atoms with Crippen LogP contribution in [0.3, 0.4) is 0 Å². The number of hydrogen-bond acceptors (Lipinski definition) is 5. The molecule has 0 radical (unpaired) electrons. The Labute approximate surface area is 247 Å². The van der Waals surface area contributed by atoms with Crippen LogP contribution in [0.15, 0.2) is 105 Å². The fraction of sp³-hybridized carbons (Fsp3) is 0.343. The van der Waals surface area contributed by atoms with Gasteiger partial charge in [0.1, 0.15) is 11.5 Å². The molecular weight excluding hydrogens is 546 g/mol. The van der Waals surface area contributed by atoms with Crippen LogP contribution in [-0.4, -0.2) is 13.5 Å². The van der Waals surface area contributed by atoms with Crippen molar-refractivity contribution in [1.29, 1.82) is 0 Å². The van der Waals surface area contributed by atoms with E-state index in [0.717, 1.165) is 63.4 Å². The maximum atomic E-state index is 13.7. The molecule has 2 N–H and O–H groups in total. The van der Waals surface area contributed by atoms with Crippen LogP contribution in [0.25, 0.3) is 0 Å². The van der Waals surface area contributed by atoms with E-state index < -0.39 is 15.6 Å². The zero-order chi connectivity index (χ0) is 29.2. The fourth-order valence-electron chi connectivity index (χ4n) is 6.70. The Kier molecular flexibility index (Phi) is 7.95. The average Bonchev–Trinajstić information content (AvgIpc) is 3.71. The SMILES string of the molecule is O=c1oc(C2(CCCc3ccccc3)CCCC2)cc(O)c1C(c1cccc(NS(=O)(=O)c2ccccc2)c1)C1CC1. The second-order valence-corrected chi connectivity index (χ2v) is 13.6. The molecule has 1 aromatic heterocycles. The Morgan fingerprint density at radius 1 is 0.905 bits per heavy atom. The molecule has 2 fully saturated rings. The molecule has 6 rings (SSSR count). The topological polar surface area (TPSA) is 96.6 Å². The molecule has 3 aromatic carbocycles. The zero-order valence-electron chi connectivity index (χ0n) is 23.7. The summed E-state index contributed by atoms with van der Waals surface area (Å²) < 4.78 is 34.6. The molecule has 1 atom stereocenters. The van der Waals surface area contributed by atoms with Crippen LogP contribution in [0, 0.1) is 5.92 Å². The number of sulfonamides is 1. The van der Waals surface area contributed by atoms with Crippen LogP contribution in [0.1, 0.15) is 79.7 Å². The minimum Gasteiger partial charge on any atom is -0.507 e. The second kappa shape index (κ2) is 11.8. The van der Waals surface area contributed by atoms with E-state index in [0.29, 0.717) is 11.4 Å². The number of benzene rings is 3. The normalized spacial score (nSPS) is 17.1. The molecule has 0 saturated heterocycles. The standard InChI is InChI=1S/C35H37NO5S/c37-30-24-31(35(20-7-8-21-35)22-10-13-25-11-3-1-4-12-25)41-34(38)33(30)32(26-18-19-26)27-14-9-15-28(23-27)36-42(39,40)29-16-5-2-6-17-29/h1-6,9,11-12,14-17,23-24,26,32,36-37H,7-8,10,13,18-22H2. The van der Waals surface area contributed by atoms with Crippen molar-refractivity contribution in [2.75, 3.05) is 4.72 Å². The lowest BCUT2D eigenvalue weighted by molar-refractivity contribution is 0.287. The number of hydrogen-bond donors (Lipinski definition) is 2. The van der Waals surface area contributed by atoms with Gasteiger partial charge in [-0.2, -0.15) is 0 Å². The number of aromatic hydroxyl groups is 1. The van der Waals surface area contributed by atoms with Gasteiger partial charge in [-0.05, 0) is 86.3 Å². The van der Waals surface area contributed by atoms with Gasteiger partial charge in [0.25, 0.3) is 10.0 Å². The van der Waals surface area contributed by atoms with Crippen molar-refractivity contribution in [3.63, 3.8) is 0 Å².